The summed E-state index contributed by atoms with van der Waals surface area (Å²) in [5.41, 5.74) is 6.41. The molecule has 2 aromatic rings. The molecule has 0 radical (unpaired) electrons. The van der Waals surface area contributed by atoms with Gasteiger partial charge in [0.05, 0.1) is 6.21 Å². The summed E-state index contributed by atoms with van der Waals surface area (Å²) < 4.78 is 0. The van der Waals surface area contributed by atoms with Crippen molar-refractivity contribution >= 4 is 29.2 Å². The number of thiocarbonyl (C=S) groups is 1. The van der Waals surface area contributed by atoms with Gasteiger partial charge in [0.15, 0.2) is 5.11 Å². The zero-order chi connectivity index (χ0) is 17.9. The molecule has 132 valence electrons. The number of hydrogen-bond acceptors (Lipinski definition) is 3. The van der Waals surface area contributed by atoms with Crippen LogP contribution in [0.4, 0.5) is 5.69 Å². The highest BCUT2D eigenvalue weighted by Crippen LogP contribution is 2.13. The Morgan fingerprint density at radius 2 is 1.72 bits per heavy atom. The van der Waals surface area contributed by atoms with E-state index in [1.165, 1.54) is 11.3 Å². The normalized spacial score (nSPS) is 10.6. The highest BCUT2D eigenvalue weighted by Gasteiger charge is 2.00. The van der Waals surface area contributed by atoms with E-state index < -0.39 is 0 Å². The largest absolute Gasteiger partial charge is 0.372 e. The Labute approximate surface area is 155 Å². The summed E-state index contributed by atoms with van der Waals surface area (Å²) >= 11 is 5.23. The summed E-state index contributed by atoms with van der Waals surface area (Å²) in [7, 11) is 0. The SMILES string of the molecule is CCN(CC)c1ccc(C=NNC(=S)NCCc2ccccc2)cc1. The fraction of sp³-hybridized carbons (Fsp3) is 0.300. The second kappa shape index (κ2) is 10.5. The summed E-state index contributed by atoms with van der Waals surface area (Å²) in [6.07, 6.45) is 2.70. The molecule has 0 aliphatic rings. The second-order valence-corrected chi connectivity index (χ2v) is 6.03. The smallest absolute Gasteiger partial charge is 0.186 e. The maximum atomic E-state index is 5.23. The number of nitrogens with zero attached hydrogens (tertiary/aromatic N) is 2. The molecule has 0 amide bonds. The lowest BCUT2D eigenvalue weighted by Crippen LogP contribution is -2.33. The van der Waals surface area contributed by atoms with Gasteiger partial charge in [0.2, 0.25) is 0 Å². The molecule has 4 nitrogen and oxygen atoms in total. The summed E-state index contributed by atoms with van der Waals surface area (Å²) in [6, 6.07) is 18.7. The van der Waals surface area contributed by atoms with Crippen LogP contribution >= 0.6 is 12.2 Å². The lowest BCUT2D eigenvalue weighted by atomic mass is 10.1. The predicted molar refractivity (Wildman–Crippen MR) is 111 cm³/mol. The summed E-state index contributed by atoms with van der Waals surface area (Å²) in [6.45, 7) is 7.12. The number of nitrogens with one attached hydrogen (secondary N) is 2. The molecule has 2 aromatic carbocycles. The van der Waals surface area contributed by atoms with E-state index in [0.29, 0.717) is 5.11 Å². The number of anilines is 1. The van der Waals surface area contributed by atoms with Gasteiger partial charge in [0, 0.05) is 25.3 Å². The van der Waals surface area contributed by atoms with E-state index in [1.807, 2.05) is 18.2 Å². The third kappa shape index (κ3) is 6.55. The highest BCUT2D eigenvalue weighted by atomic mass is 32.1. The number of hydrazone groups is 1. The third-order valence-electron chi connectivity index (χ3n) is 3.94. The molecule has 0 atom stereocenters. The highest BCUT2D eigenvalue weighted by molar-refractivity contribution is 7.80. The Morgan fingerprint density at radius 3 is 2.36 bits per heavy atom. The Hall–Kier alpha value is -2.40. The van der Waals surface area contributed by atoms with Crippen LogP contribution < -0.4 is 15.6 Å². The minimum atomic E-state index is 0.534. The quantitative estimate of drug-likeness (QED) is 0.432. The van der Waals surface area contributed by atoms with E-state index in [2.05, 4.69) is 71.0 Å². The molecule has 0 aromatic heterocycles. The van der Waals surface area contributed by atoms with Crippen LogP contribution in [0, 0.1) is 0 Å². The molecule has 0 unspecified atom stereocenters. The van der Waals surface area contributed by atoms with Crippen molar-refractivity contribution in [3.8, 4) is 0 Å². The van der Waals surface area contributed by atoms with Crippen molar-refractivity contribution in [3.63, 3.8) is 0 Å². The van der Waals surface area contributed by atoms with E-state index in [-0.39, 0.29) is 0 Å². The summed E-state index contributed by atoms with van der Waals surface area (Å²) in [5, 5.41) is 7.88. The van der Waals surface area contributed by atoms with Gasteiger partial charge < -0.3 is 10.2 Å². The van der Waals surface area contributed by atoms with Crippen LogP contribution in [0.15, 0.2) is 59.7 Å². The van der Waals surface area contributed by atoms with Crippen LogP contribution in [0.5, 0.6) is 0 Å². The van der Waals surface area contributed by atoms with Crippen molar-refractivity contribution < 1.29 is 0 Å². The van der Waals surface area contributed by atoms with Crippen molar-refractivity contribution in [2.45, 2.75) is 20.3 Å². The van der Waals surface area contributed by atoms with Crippen molar-refractivity contribution in [3.05, 3.63) is 65.7 Å². The molecule has 2 N–H and O–H groups in total. The summed E-state index contributed by atoms with van der Waals surface area (Å²) in [4.78, 5) is 2.31. The van der Waals surface area contributed by atoms with Crippen LogP contribution in [-0.2, 0) is 6.42 Å². The molecule has 0 saturated heterocycles. The molecular formula is C20H26N4S. The van der Waals surface area contributed by atoms with Crippen LogP contribution in [-0.4, -0.2) is 31.0 Å². The average Bonchev–Trinajstić information content (AvgIpc) is 2.65. The van der Waals surface area contributed by atoms with Gasteiger partial charge in [-0.15, -0.1) is 0 Å². The van der Waals surface area contributed by atoms with Crippen LogP contribution in [0.1, 0.15) is 25.0 Å². The van der Waals surface area contributed by atoms with Crippen molar-refractivity contribution in [1.29, 1.82) is 0 Å². The van der Waals surface area contributed by atoms with Crippen molar-refractivity contribution in [2.75, 3.05) is 24.5 Å². The fourth-order valence-corrected chi connectivity index (χ4v) is 2.68. The lowest BCUT2D eigenvalue weighted by Gasteiger charge is -2.20. The Balaban J connectivity index is 1.73. The van der Waals surface area contributed by atoms with Gasteiger partial charge >= 0.3 is 0 Å². The Bertz CT molecular complexity index is 664. The first-order valence-electron chi connectivity index (χ1n) is 8.68. The standard InChI is InChI=1S/C20H26N4S/c1-3-24(4-2)19-12-10-18(11-13-19)16-22-23-20(25)21-15-14-17-8-6-5-7-9-17/h5-13,16H,3-4,14-15H2,1-2H3,(H2,21,23,25). The van der Waals surface area contributed by atoms with E-state index in [1.54, 1.807) is 6.21 Å². The van der Waals surface area contributed by atoms with Gasteiger partial charge in [0.1, 0.15) is 0 Å². The summed E-state index contributed by atoms with van der Waals surface area (Å²) in [5.74, 6) is 0. The lowest BCUT2D eigenvalue weighted by molar-refractivity contribution is 0.838. The van der Waals surface area contributed by atoms with Gasteiger partial charge in [-0.2, -0.15) is 5.10 Å². The van der Waals surface area contributed by atoms with E-state index in [9.17, 15) is 0 Å². The number of rotatable bonds is 8. The van der Waals surface area contributed by atoms with Gasteiger partial charge in [-0.25, -0.2) is 0 Å². The van der Waals surface area contributed by atoms with Crippen molar-refractivity contribution in [1.82, 2.24) is 10.7 Å². The van der Waals surface area contributed by atoms with Crippen LogP contribution in [0.2, 0.25) is 0 Å². The van der Waals surface area contributed by atoms with Crippen molar-refractivity contribution in [2.24, 2.45) is 5.10 Å². The van der Waals surface area contributed by atoms with Gasteiger partial charge in [0.25, 0.3) is 0 Å². The monoisotopic (exact) mass is 354 g/mol. The van der Waals surface area contributed by atoms with Gasteiger partial charge in [-0.1, -0.05) is 42.5 Å². The third-order valence-corrected chi connectivity index (χ3v) is 4.18. The predicted octanol–water partition coefficient (Wildman–Crippen LogP) is 3.57. The average molecular weight is 355 g/mol. The molecule has 0 fully saturated rings. The first-order valence-corrected chi connectivity index (χ1v) is 9.09. The second-order valence-electron chi connectivity index (χ2n) is 5.63. The molecule has 0 heterocycles. The topological polar surface area (TPSA) is 39.7 Å². The molecule has 0 aliphatic heterocycles. The van der Waals surface area contributed by atoms with Crippen LogP contribution in [0.3, 0.4) is 0 Å². The maximum Gasteiger partial charge on any atom is 0.186 e. The molecular weight excluding hydrogens is 328 g/mol. The van der Waals surface area contributed by atoms with E-state index in [4.69, 9.17) is 12.2 Å². The zero-order valence-corrected chi connectivity index (χ0v) is 15.7. The van der Waals surface area contributed by atoms with Gasteiger partial charge in [-0.05, 0) is 55.7 Å². The number of benzene rings is 2. The van der Waals surface area contributed by atoms with Gasteiger partial charge in [-0.3, -0.25) is 5.43 Å². The van der Waals surface area contributed by atoms with Crippen LogP contribution in [0.25, 0.3) is 0 Å². The minimum Gasteiger partial charge on any atom is -0.372 e. The number of hydrogen-bond donors (Lipinski definition) is 2. The molecule has 0 saturated carbocycles. The Morgan fingerprint density at radius 1 is 1.04 bits per heavy atom. The minimum absolute atomic E-state index is 0.534. The molecule has 0 spiro atoms. The first-order chi connectivity index (χ1) is 12.2. The first kappa shape index (κ1) is 18.9. The molecule has 2 rings (SSSR count). The molecule has 5 heteroatoms. The fourth-order valence-electron chi connectivity index (χ4n) is 2.53. The molecule has 0 bridgehead atoms. The molecule has 0 aliphatic carbocycles. The van der Waals surface area contributed by atoms with E-state index >= 15 is 0 Å². The zero-order valence-electron chi connectivity index (χ0n) is 14.9. The Kier molecular flexibility index (Phi) is 7.92. The van der Waals surface area contributed by atoms with E-state index in [0.717, 1.165) is 31.6 Å². The molecule has 25 heavy (non-hydrogen) atoms. The maximum absolute atomic E-state index is 5.23.